The summed E-state index contributed by atoms with van der Waals surface area (Å²) in [6, 6.07) is 14.5. The van der Waals surface area contributed by atoms with Crippen LogP contribution in [-0.4, -0.2) is 26.4 Å². The molecular weight excluding hydrogens is 474 g/mol. The fraction of sp³-hybridized carbons (Fsp3) is 0.100. The highest BCUT2D eigenvalue weighted by molar-refractivity contribution is 9.10. The van der Waals surface area contributed by atoms with Crippen LogP contribution in [0.4, 0.5) is 5.69 Å². The van der Waals surface area contributed by atoms with Gasteiger partial charge in [-0.3, -0.25) is 9.36 Å². The van der Waals surface area contributed by atoms with E-state index in [-0.39, 0.29) is 11.7 Å². The number of carbonyl (C=O) groups excluding carboxylic acids is 1. The first kappa shape index (κ1) is 21.1. The van der Waals surface area contributed by atoms with Crippen molar-refractivity contribution in [1.82, 2.24) is 14.8 Å². The molecule has 9 heteroatoms. The van der Waals surface area contributed by atoms with E-state index in [1.807, 2.05) is 34.9 Å². The maximum Gasteiger partial charge on any atom is 0.234 e. The zero-order valence-corrected chi connectivity index (χ0v) is 18.3. The zero-order chi connectivity index (χ0) is 20.8. The third-order valence-electron chi connectivity index (χ3n) is 3.84. The summed E-state index contributed by atoms with van der Waals surface area (Å²) in [6.07, 6.45) is 1.75. The molecule has 0 fully saturated rings. The second kappa shape index (κ2) is 9.74. The number of carbonyl (C=O) groups is 1. The molecular formula is C20H15BrClN5OS. The standard InChI is InChI=1S/C20H15BrClN5OS/c1-2-9-27-19(13-3-6-15(21)7-4-13)25-26-20(27)29-12-18(28)24-17-10-16(22)8-5-14(17)11-23/h2-8,10H,1,9,12H2,(H,24,28). The average Bonchev–Trinajstić information content (AvgIpc) is 3.10. The van der Waals surface area contributed by atoms with Crippen molar-refractivity contribution in [2.24, 2.45) is 0 Å². The Morgan fingerprint density at radius 3 is 2.76 bits per heavy atom. The predicted molar refractivity (Wildman–Crippen MR) is 119 cm³/mol. The lowest BCUT2D eigenvalue weighted by atomic mass is 10.2. The summed E-state index contributed by atoms with van der Waals surface area (Å²) >= 11 is 10.6. The number of hydrogen-bond donors (Lipinski definition) is 1. The van der Waals surface area contributed by atoms with Crippen LogP contribution in [0.15, 0.2) is 64.7 Å². The number of anilines is 1. The van der Waals surface area contributed by atoms with E-state index in [1.165, 1.54) is 11.8 Å². The first-order valence-electron chi connectivity index (χ1n) is 8.44. The van der Waals surface area contributed by atoms with Crippen LogP contribution in [0.2, 0.25) is 5.02 Å². The lowest BCUT2D eigenvalue weighted by Gasteiger charge is -2.09. The lowest BCUT2D eigenvalue weighted by molar-refractivity contribution is -0.113. The first-order chi connectivity index (χ1) is 14.0. The second-order valence-corrected chi connectivity index (χ2v) is 8.15. The van der Waals surface area contributed by atoms with Gasteiger partial charge < -0.3 is 5.32 Å². The van der Waals surface area contributed by atoms with E-state index in [4.69, 9.17) is 11.6 Å². The van der Waals surface area contributed by atoms with Gasteiger partial charge in [0.25, 0.3) is 0 Å². The number of thioether (sulfide) groups is 1. The smallest absolute Gasteiger partial charge is 0.234 e. The molecule has 1 aromatic heterocycles. The quantitative estimate of drug-likeness (QED) is 0.367. The van der Waals surface area contributed by atoms with Crippen molar-refractivity contribution >= 4 is 50.9 Å². The summed E-state index contributed by atoms with van der Waals surface area (Å²) in [5.41, 5.74) is 1.64. The molecule has 0 saturated heterocycles. The topological polar surface area (TPSA) is 83.6 Å². The molecule has 0 spiro atoms. The SMILES string of the molecule is C=CCn1c(SCC(=O)Nc2cc(Cl)ccc2C#N)nnc1-c1ccc(Br)cc1. The van der Waals surface area contributed by atoms with Gasteiger partial charge in [-0.25, -0.2) is 0 Å². The Hall–Kier alpha value is -2.60. The number of benzene rings is 2. The third-order valence-corrected chi connectivity index (χ3v) is 5.57. The van der Waals surface area contributed by atoms with Crippen LogP contribution in [0.5, 0.6) is 0 Å². The minimum Gasteiger partial charge on any atom is -0.324 e. The van der Waals surface area contributed by atoms with Crippen LogP contribution in [0, 0.1) is 11.3 Å². The van der Waals surface area contributed by atoms with Crippen molar-refractivity contribution < 1.29 is 4.79 Å². The molecule has 0 radical (unpaired) electrons. The van der Waals surface area contributed by atoms with E-state index in [2.05, 4.69) is 38.0 Å². The highest BCUT2D eigenvalue weighted by atomic mass is 79.9. The fourth-order valence-corrected chi connectivity index (χ4v) is 3.72. The monoisotopic (exact) mass is 487 g/mol. The van der Waals surface area contributed by atoms with Crippen molar-refractivity contribution in [3.05, 3.63) is 70.2 Å². The van der Waals surface area contributed by atoms with Crippen molar-refractivity contribution in [2.45, 2.75) is 11.7 Å². The highest BCUT2D eigenvalue weighted by Gasteiger charge is 2.15. The number of rotatable bonds is 7. The van der Waals surface area contributed by atoms with Crippen LogP contribution >= 0.6 is 39.3 Å². The summed E-state index contributed by atoms with van der Waals surface area (Å²) < 4.78 is 2.87. The van der Waals surface area contributed by atoms with E-state index in [0.29, 0.717) is 33.8 Å². The van der Waals surface area contributed by atoms with Crippen LogP contribution in [0.1, 0.15) is 5.56 Å². The number of allylic oxidation sites excluding steroid dienone is 1. The van der Waals surface area contributed by atoms with E-state index < -0.39 is 0 Å². The normalized spacial score (nSPS) is 10.4. The van der Waals surface area contributed by atoms with Crippen LogP contribution in [0.3, 0.4) is 0 Å². The molecule has 1 N–H and O–H groups in total. The summed E-state index contributed by atoms with van der Waals surface area (Å²) in [6.45, 7) is 4.30. The van der Waals surface area contributed by atoms with Gasteiger partial charge in [-0.2, -0.15) is 5.26 Å². The summed E-state index contributed by atoms with van der Waals surface area (Å²) in [7, 11) is 0. The van der Waals surface area contributed by atoms with Crippen molar-refractivity contribution in [1.29, 1.82) is 5.26 Å². The molecule has 146 valence electrons. The van der Waals surface area contributed by atoms with Gasteiger partial charge in [-0.05, 0) is 30.3 Å². The molecule has 1 heterocycles. The van der Waals surface area contributed by atoms with Crippen LogP contribution < -0.4 is 5.32 Å². The number of halogens is 2. The molecule has 1 amide bonds. The molecule has 6 nitrogen and oxygen atoms in total. The molecule has 0 aliphatic carbocycles. The van der Waals surface area contributed by atoms with Gasteiger partial charge in [0.2, 0.25) is 5.91 Å². The molecule has 0 aliphatic rings. The van der Waals surface area contributed by atoms with Crippen molar-refractivity contribution in [2.75, 3.05) is 11.1 Å². The lowest BCUT2D eigenvalue weighted by Crippen LogP contribution is -2.15. The van der Waals surface area contributed by atoms with E-state index >= 15 is 0 Å². The molecule has 29 heavy (non-hydrogen) atoms. The largest absolute Gasteiger partial charge is 0.324 e. The molecule has 3 aromatic rings. The molecule has 2 aromatic carbocycles. The minimum atomic E-state index is -0.271. The van der Waals surface area contributed by atoms with Crippen molar-refractivity contribution in [3.63, 3.8) is 0 Å². The molecule has 0 bridgehead atoms. The average molecular weight is 489 g/mol. The van der Waals surface area contributed by atoms with Gasteiger partial charge >= 0.3 is 0 Å². The summed E-state index contributed by atoms with van der Waals surface area (Å²) in [5, 5.41) is 21.4. The first-order valence-corrected chi connectivity index (χ1v) is 10.6. The minimum absolute atomic E-state index is 0.104. The van der Waals surface area contributed by atoms with E-state index in [9.17, 15) is 10.1 Å². The van der Waals surface area contributed by atoms with Gasteiger partial charge in [-0.15, -0.1) is 16.8 Å². The zero-order valence-electron chi connectivity index (χ0n) is 15.1. The molecule has 0 atom stereocenters. The predicted octanol–water partition coefficient (Wildman–Crippen LogP) is 5.15. The number of hydrogen-bond acceptors (Lipinski definition) is 5. The van der Waals surface area contributed by atoms with E-state index in [1.54, 1.807) is 24.3 Å². The fourth-order valence-electron chi connectivity index (χ4n) is 2.54. The Kier molecular flexibility index (Phi) is 7.09. The van der Waals surface area contributed by atoms with Gasteiger partial charge in [-0.1, -0.05) is 57.5 Å². The maximum atomic E-state index is 12.4. The summed E-state index contributed by atoms with van der Waals surface area (Å²) in [4.78, 5) is 12.4. The van der Waals surface area contributed by atoms with Gasteiger partial charge in [0.1, 0.15) is 6.07 Å². The highest BCUT2D eigenvalue weighted by Crippen LogP contribution is 2.26. The Morgan fingerprint density at radius 1 is 1.31 bits per heavy atom. The Bertz CT molecular complexity index is 1090. The Labute approximate surface area is 185 Å². The van der Waals surface area contributed by atoms with Gasteiger partial charge in [0, 0.05) is 21.6 Å². The molecule has 0 saturated carbocycles. The van der Waals surface area contributed by atoms with Crippen LogP contribution in [0.25, 0.3) is 11.4 Å². The Balaban J connectivity index is 1.74. The number of nitriles is 1. The second-order valence-electron chi connectivity index (χ2n) is 5.85. The van der Waals surface area contributed by atoms with Crippen LogP contribution in [-0.2, 0) is 11.3 Å². The molecule has 3 rings (SSSR count). The number of nitrogens with one attached hydrogen (secondary N) is 1. The number of amides is 1. The number of nitrogens with zero attached hydrogens (tertiary/aromatic N) is 4. The molecule has 0 unspecified atom stereocenters. The Morgan fingerprint density at radius 2 is 2.07 bits per heavy atom. The van der Waals surface area contributed by atoms with E-state index in [0.717, 1.165) is 10.0 Å². The maximum absolute atomic E-state index is 12.4. The van der Waals surface area contributed by atoms with Gasteiger partial charge in [0.15, 0.2) is 11.0 Å². The van der Waals surface area contributed by atoms with Gasteiger partial charge in [0.05, 0.1) is 17.0 Å². The number of aromatic nitrogens is 3. The molecule has 0 aliphatic heterocycles. The summed E-state index contributed by atoms with van der Waals surface area (Å²) in [5.74, 6) is 0.529. The van der Waals surface area contributed by atoms with Crippen molar-refractivity contribution in [3.8, 4) is 17.5 Å². The third kappa shape index (κ3) is 5.26.